The number of hydrogen-bond donors (Lipinski definition) is 1. The van der Waals surface area contributed by atoms with E-state index in [2.05, 4.69) is 0 Å². The van der Waals surface area contributed by atoms with Gasteiger partial charge in [-0.05, 0) is 49.7 Å². The van der Waals surface area contributed by atoms with Crippen molar-refractivity contribution in [3.63, 3.8) is 0 Å². The molecule has 1 aromatic rings. The van der Waals surface area contributed by atoms with E-state index in [1.807, 2.05) is 4.90 Å². The maximum absolute atomic E-state index is 14.0. The third-order valence-corrected chi connectivity index (χ3v) is 6.41. The van der Waals surface area contributed by atoms with Crippen LogP contribution in [0.5, 0.6) is 0 Å². The van der Waals surface area contributed by atoms with E-state index < -0.39 is 23.5 Å². The van der Waals surface area contributed by atoms with E-state index in [0.29, 0.717) is 19.0 Å². The molecule has 2 fully saturated rings. The van der Waals surface area contributed by atoms with Crippen molar-refractivity contribution in [1.82, 2.24) is 9.80 Å². The van der Waals surface area contributed by atoms with E-state index in [1.165, 1.54) is 11.8 Å². The number of fused-ring (bicyclic) bond motifs is 2. The zero-order chi connectivity index (χ0) is 21.3. The highest BCUT2D eigenvalue weighted by Crippen LogP contribution is 2.40. The highest BCUT2D eigenvalue weighted by Gasteiger charge is 2.44. The summed E-state index contributed by atoms with van der Waals surface area (Å²) < 4.78 is 40.5. The Balaban J connectivity index is 1.60. The highest BCUT2D eigenvalue weighted by atomic mass is 19.2. The van der Waals surface area contributed by atoms with E-state index in [0.717, 1.165) is 31.7 Å². The molecule has 0 unspecified atom stereocenters. The fraction of sp³-hybridized carbons (Fsp3) is 0.619. The smallest absolute Gasteiger partial charge is 0.224 e. The summed E-state index contributed by atoms with van der Waals surface area (Å²) in [7, 11) is 1.67. The zero-order valence-electron chi connectivity index (χ0n) is 16.8. The van der Waals surface area contributed by atoms with E-state index in [1.54, 1.807) is 7.05 Å². The number of piperidine rings is 1. The van der Waals surface area contributed by atoms with Gasteiger partial charge in [0, 0.05) is 51.1 Å². The van der Waals surface area contributed by atoms with Crippen molar-refractivity contribution in [1.29, 1.82) is 0 Å². The van der Waals surface area contributed by atoms with Crippen LogP contribution in [0.3, 0.4) is 0 Å². The van der Waals surface area contributed by atoms with Crippen LogP contribution in [0.4, 0.5) is 13.2 Å². The topological polar surface area (TPSA) is 66.6 Å². The molecule has 3 rings (SSSR count). The molecule has 0 aromatic heterocycles. The Morgan fingerprint density at radius 3 is 2.31 bits per heavy atom. The van der Waals surface area contributed by atoms with Gasteiger partial charge in [-0.1, -0.05) is 0 Å². The lowest BCUT2D eigenvalue weighted by Gasteiger charge is -2.41. The molecule has 2 N–H and O–H groups in total. The molecular weight excluding hydrogens is 383 g/mol. The van der Waals surface area contributed by atoms with Crippen molar-refractivity contribution in [2.45, 2.75) is 63.6 Å². The van der Waals surface area contributed by atoms with Crippen LogP contribution in [0.25, 0.3) is 0 Å². The second-order valence-electron chi connectivity index (χ2n) is 8.33. The summed E-state index contributed by atoms with van der Waals surface area (Å²) in [6, 6.07) is 1.23. The minimum atomic E-state index is -1.21. The van der Waals surface area contributed by atoms with Gasteiger partial charge >= 0.3 is 0 Å². The Morgan fingerprint density at radius 1 is 1.14 bits per heavy atom. The Hall–Kier alpha value is -2.09. The molecule has 29 heavy (non-hydrogen) atoms. The Labute approximate surface area is 169 Å². The minimum absolute atomic E-state index is 0.0456. The van der Waals surface area contributed by atoms with Crippen molar-refractivity contribution in [3.8, 4) is 0 Å². The van der Waals surface area contributed by atoms with Crippen molar-refractivity contribution >= 4 is 11.8 Å². The van der Waals surface area contributed by atoms with Crippen LogP contribution >= 0.6 is 0 Å². The van der Waals surface area contributed by atoms with Crippen molar-refractivity contribution < 1.29 is 22.8 Å². The average Bonchev–Trinajstić information content (AvgIpc) is 2.93. The molecule has 2 bridgehead atoms. The first-order valence-electron chi connectivity index (χ1n) is 10.1. The predicted molar refractivity (Wildman–Crippen MR) is 102 cm³/mol. The summed E-state index contributed by atoms with van der Waals surface area (Å²) in [4.78, 5) is 27.5. The van der Waals surface area contributed by atoms with Gasteiger partial charge in [0.25, 0.3) is 0 Å². The molecular formula is C21H28F3N3O2. The first kappa shape index (κ1) is 21.6. The second-order valence-corrected chi connectivity index (χ2v) is 8.33. The molecule has 2 aliphatic rings. The maximum atomic E-state index is 14.0. The summed E-state index contributed by atoms with van der Waals surface area (Å²) >= 11 is 0. The molecule has 2 amide bonds. The number of carbonyl (C=O) groups excluding carboxylic acids is 2. The number of hydrogen-bond acceptors (Lipinski definition) is 3. The van der Waals surface area contributed by atoms with Gasteiger partial charge in [0.1, 0.15) is 5.82 Å². The van der Waals surface area contributed by atoms with Crippen LogP contribution in [-0.4, -0.2) is 53.3 Å². The van der Waals surface area contributed by atoms with E-state index >= 15 is 0 Å². The second kappa shape index (κ2) is 8.73. The molecule has 1 aromatic carbocycles. The minimum Gasteiger partial charge on any atom is -0.345 e. The lowest BCUT2D eigenvalue weighted by Crippen LogP contribution is -2.50. The number of nitrogens with two attached hydrogens (primary N) is 1. The van der Waals surface area contributed by atoms with Gasteiger partial charge in [0.2, 0.25) is 11.8 Å². The summed E-state index contributed by atoms with van der Waals surface area (Å²) in [5, 5.41) is 0. The van der Waals surface area contributed by atoms with Gasteiger partial charge in [-0.3, -0.25) is 9.59 Å². The number of carbonyl (C=O) groups is 2. The molecule has 2 saturated heterocycles. The fourth-order valence-electron chi connectivity index (χ4n) is 4.67. The Kier molecular flexibility index (Phi) is 6.51. The normalized spacial score (nSPS) is 24.5. The van der Waals surface area contributed by atoms with Crippen molar-refractivity contribution in [2.75, 3.05) is 13.6 Å². The number of nitrogens with zero attached hydrogens (tertiary/aromatic N) is 2. The number of rotatable bonds is 6. The first-order chi connectivity index (χ1) is 13.7. The first-order valence-corrected chi connectivity index (χ1v) is 10.1. The molecule has 160 valence electrons. The molecule has 2 heterocycles. The number of benzene rings is 1. The van der Waals surface area contributed by atoms with Crippen LogP contribution in [-0.2, 0) is 16.0 Å². The molecule has 8 heteroatoms. The highest BCUT2D eigenvalue weighted by molar-refractivity contribution is 5.79. The monoisotopic (exact) mass is 411 g/mol. The molecule has 0 aliphatic carbocycles. The fourth-order valence-corrected chi connectivity index (χ4v) is 4.67. The van der Waals surface area contributed by atoms with Gasteiger partial charge in [-0.25, -0.2) is 13.2 Å². The van der Waals surface area contributed by atoms with Crippen LogP contribution in [0, 0.1) is 23.4 Å². The van der Waals surface area contributed by atoms with Gasteiger partial charge in [0.05, 0.1) is 0 Å². The molecule has 2 aliphatic heterocycles. The Morgan fingerprint density at radius 2 is 1.72 bits per heavy atom. The third-order valence-electron chi connectivity index (χ3n) is 6.41. The number of amides is 2. The summed E-state index contributed by atoms with van der Waals surface area (Å²) in [5.74, 6) is -3.02. The predicted octanol–water partition coefficient (Wildman–Crippen LogP) is 2.61. The van der Waals surface area contributed by atoms with Crippen LogP contribution in [0.2, 0.25) is 0 Å². The SMILES string of the molecule is CC(=O)N(C)CCC(=O)N1[C@@H]2CC[C@H]1C[C@H]([C@H](N)Cc1cc(F)c(F)cc1F)C2. The van der Waals surface area contributed by atoms with Gasteiger partial charge in [-0.2, -0.15) is 0 Å². The molecule has 0 saturated carbocycles. The van der Waals surface area contributed by atoms with Gasteiger partial charge < -0.3 is 15.5 Å². The van der Waals surface area contributed by atoms with E-state index in [9.17, 15) is 22.8 Å². The van der Waals surface area contributed by atoms with Crippen LogP contribution in [0.15, 0.2) is 12.1 Å². The van der Waals surface area contributed by atoms with Gasteiger partial charge in [-0.15, -0.1) is 0 Å². The molecule has 5 nitrogen and oxygen atoms in total. The average molecular weight is 411 g/mol. The standard InChI is InChI=1S/C21H28F3N3O2/c1-12(28)26(2)6-5-21(29)27-15-3-4-16(27)8-14(7-15)20(25)10-13-9-18(23)19(24)11-17(13)22/h9,11,14-16,20H,3-8,10,25H2,1-2H3/t14-,15-,16+,20-/m1/s1. The summed E-state index contributed by atoms with van der Waals surface area (Å²) in [6.07, 6.45) is 3.67. The lowest BCUT2D eigenvalue weighted by atomic mass is 9.82. The van der Waals surface area contributed by atoms with Crippen LogP contribution < -0.4 is 5.73 Å². The lowest BCUT2D eigenvalue weighted by molar-refractivity contribution is -0.137. The Bertz CT molecular complexity index is 775. The van der Waals surface area contributed by atoms with E-state index in [-0.39, 0.29) is 41.8 Å². The molecule has 0 radical (unpaired) electrons. The largest absolute Gasteiger partial charge is 0.345 e. The molecule has 4 atom stereocenters. The zero-order valence-corrected chi connectivity index (χ0v) is 16.8. The quantitative estimate of drug-likeness (QED) is 0.732. The van der Waals surface area contributed by atoms with Crippen molar-refractivity contribution in [3.05, 3.63) is 35.1 Å². The summed E-state index contributed by atoms with van der Waals surface area (Å²) in [5.41, 5.74) is 6.39. The van der Waals surface area contributed by atoms with Gasteiger partial charge in [0.15, 0.2) is 11.6 Å². The van der Waals surface area contributed by atoms with Crippen molar-refractivity contribution in [2.24, 2.45) is 11.7 Å². The van der Waals surface area contributed by atoms with E-state index in [4.69, 9.17) is 5.73 Å². The number of halogens is 3. The summed E-state index contributed by atoms with van der Waals surface area (Å²) in [6.45, 7) is 1.86. The van der Waals surface area contributed by atoms with Crippen LogP contribution in [0.1, 0.15) is 44.6 Å². The third kappa shape index (κ3) is 4.74. The molecule has 0 spiro atoms. The maximum Gasteiger partial charge on any atom is 0.224 e.